The fraction of sp³-hybridized carbons (Fsp3) is 0.333. The van der Waals surface area contributed by atoms with Crippen LogP contribution in [-0.4, -0.2) is 22.2 Å². The van der Waals surface area contributed by atoms with Gasteiger partial charge >= 0.3 is 6.18 Å². The maximum atomic E-state index is 13.3. The first-order valence-corrected chi connectivity index (χ1v) is 7.68. The van der Waals surface area contributed by atoms with E-state index in [-0.39, 0.29) is 5.69 Å². The summed E-state index contributed by atoms with van der Waals surface area (Å²) in [6, 6.07) is 3.45. The zero-order valence-electron chi connectivity index (χ0n) is 12.7. The number of thiazole rings is 1. The van der Waals surface area contributed by atoms with Crippen molar-refractivity contribution in [1.29, 1.82) is 0 Å². The fourth-order valence-corrected chi connectivity index (χ4v) is 2.95. The standard InChI is InChI=1S/C15H14F4N2O2S/c1-8-5-10(16)3-4-11(8)21-12(22)6-14(23,15(17,18)19)13-20-9(2)7-24-13/h3-5,7,23H,6H2,1-2H3,(H,21,22). The van der Waals surface area contributed by atoms with Gasteiger partial charge in [-0.3, -0.25) is 4.79 Å². The predicted octanol–water partition coefficient (Wildman–Crippen LogP) is 3.68. The first-order valence-electron chi connectivity index (χ1n) is 6.80. The predicted molar refractivity (Wildman–Crippen MR) is 81.2 cm³/mol. The van der Waals surface area contributed by atoms with Crippen molar-refractivity contribution in [1.82, 2.24) is 4.98 Å². The van der Waals surface area contributed by atoms with Crippen molar-refractivity contribution < 1.29 is 27.5 Å². The van der Waals surface area contributed by atoms with Crippen molar-refractivity contribution >= 4 is 22.9 Å². The van der Waals surface area contributed by atoms with Crippen LogP contribution in [0.3, 0.4) is 0 Å². The first-order chi connectivity index (χ1) is 11.0. The lowest BCUT2D eigenvalue weighted by Gasteiger charge is -2.28. The molecule has 0 bridgehead atoms. The van der Waals surface area contributed by atoms with Gasteiger partial charge in [0.15, 0.2) is 0 Å². The molecule has 4 nitrogen and oxygen atoms in total. The molecule has 24 heavy (non-hydrogen) atoms. The van der Waals surface area contributed by atoms with Gasteiger partial charge in [0.2, 0.25) is 11.5 Å². The first kappa shape index (κ1) is 18.3. The Balaban J connectivity index is 2.25. The smallest absolute Gasteiger partial charge is 0.374 e. The van der Waals surface area contributed by atoms with Gasteiger partial charge in [-0.05, 0) is 37.6 Å². The highest BCUT2D eigenvalue weighted by Crippen LogP contribution is 2.43. The minimum Gasteiger partial charge on any atom is -0.374 e. The number of halogens is 4. The fourth-order valence-electron chi connectivity index (χ4n) is 2.04. The maximum absolute atomic E-state index is 13.3. The van der Waals surface area contributed by atoms with Crippen LogP contribution in [0.4, 0.5) is 23.2 Å². The summed E-state index contributed by atoms with van der Waals surface area (Å²) in [4.78, 5) is 15.7. The van der Waals surface area contributed by atoms with E-state index in [0.29, 0.717) is 22.6 Å². The average molecular weight is 362 g/mol. The van der Waals surface area contributed by atoms with Crippen molar-refractivity contribution in [2.75, 3.05) is 5.32 Å². The number of benzene rings is 1. The van der Waals surface area contributed by atoms with E-state index in [9.17, 15) is 27.5 Å². The summed E-state index contributed by atoms with van der Waals surface area (Å²) in [6.45, 7) is 2.98. The lowest BCUT2D eigenvalue weighted by atomic mass is 9.99. The molecular formula is C15H14F4N2O2S. The Morgan fingerprint density at radius 2 is 2.00 bits per heavy atom. The van der Waals surface area contributed by atoms with Crippen LogP contribution in [0.15, 0.2) is 23.6 Å². The summed E-state index contributed by atoms with van der Waals surface area (Å²) in [5.74, 6) is -1.59. The number of hydrogen-bond acceptors (Lipinski definition) is 4. The molecule has 0 aliphatic rings. The van der Waals surface area contributed by atoms with Crippen LogP contribution in [0, 0.1) is 19.7 Å². The molecule has 0 saturated heterocycles. The molecule has 130 valence electrons. The van der Waals surface area contributed by atoms with Gasteiger partial charge in [-0.1, -0.05) is 0 Å². The Kier molecular flexibility index (Phi) is 4.95. The van der Waals surface area contributed by atoms with Crippen molar-refractivity contribution in [3.63, 3.8) is 0 Å². The number of anilines is 1. The van der Waals surface area contributed by atoms with Crippen LogP contribution < -0.4 is 5.32 Å². The lowest BCUT2D eigenvalue weighted by Crippen LogP contribution is -2.45. The molecular weight excluding hydrogens is 348 g/mol. The Bertz CT molecular complexity index is 760. The zero-order chi connectivity index (χ0) is 18.1. The number of aryl methyl sites for hydroxylation is 2. The Labute approximate surface area is 139 Å². The molecule has 1 aromatic heterocycles. The second-order valence-corrected chi connectivity index (χ2v) is 6.19. The van der Waals surface area contributed by atoms with E-state index in [1.165, 1.54) is 25.3 Å². The van der Waals surface area contributed by atoms with Gasteiger partial charge in [-0.25, -0.2) is 9.37 Å². The van der Waals surface area contributed by atoms with Gasteiger partial charge in [0, 0.05) is 16.8 Å². The Morgan fingerprint density at radius 1 is 1.33 bits per heavy atom. The molecule has 1 amide bonds. The number of alkyl halides is 3. The molecule has 2 rings (SSSR count). The van der Waals surface area contributed by atoms with Crippen LogP contribution in [0.5, 0.6) is 0 Å². The molecule has 0 fully saturated rings. The summed E-state index contributed by atoms with van der Waals surface area (Å²) >= 11 is 0.626. The van der Waals surface area contributed by atoms with Gasteiger partial charge in [-0.15, -0.1) is 11.3 Å². The van der Waals surface area contributed by atoms with Gasteiger partial charge in [0.05, 0.1) is 6.42 Å². The van der Waals surface area contributed by atoms with Crippen LogP contribution in [0.25, 0.3) is 0 Å². The molecule has 2 aromatic rings. The van der Waals surface area contributed by atoms with E-state index < -0.39 is 34.9 Å². The average Bonchev–Trinajstić information content (AvgIpc) is 2.87. The summed E-state index contributed by atoms with van der Waals surface area (Å²) in [5, 5.41) is 13.1. The third kappa shape index (κ3) is 3.73. The highest BCUT2D eigenvalue weighted by Gasteiger charge is 2.58. The Hall–Kier alpha value is -2.00. The highest BCUT2D eigenvalue weighted by molar-refractivity contribution is 7.09. The van der Waals surface area contributed by atoms with Crippen molar-refractivity contribution in [2.45, 2.75) is 32.0 Å². The maximum Gasteiger partial charge on any atom is 0.424 e. The monoisotopic (exact) mass is 362 g/mol. The van der Waals surface area contributed by atoms with Crippen LogP contribution in [-0.2, 0) is 10.4 Å². The normalized spacial score (nSPS) is 14.3. The summed E-state index contributed by atoms with van der Waals surface area (Å²) in [6.07, 6.45) is -6.33. The van der Waals surface area contributed by atoms with Crippen LogP contribution >= 0.6 is 11.3 Å². The second kappa shape index (κ2) is 6.48. The van der Waals surface area contributed by atoms with E-state index >= 15 is 0 Å². The van der Waals surface area contributed by atoms with Crippen molar-refractivity contribution in [3.05, 3.63) is 45.7 Å². The minimum atomic E-state index is -5.08. The van der Waals surface area contributed by atoms with Crippen LogP contribution in [0.1, 0.15) is 22.7 Å². The SMILES string of the molecule is Cc1csc(C(O)(CC(=O)Nc2ccc(F)cc2C)C(F)(F)F)n1. The third-order valence-electron chi connectivity index (χ3n) is 3.32. The number of hydrogen-bond donors (Lipinski definition) is 2. The summed E-state index contributed by atoms with van der Waals surface area (Å²) < 4.78 is 53.0. The molecule has 2 N–H and O–H groups in total. The molecule has 0 spiro atoms. The number of carbonyl (C=O) groups is 1. The number of aliphatic hydroxyl groups is 1. The molecule has 1 heterocycles. The van der Waals surface area contributed by atoms with Gasteiger partial charge in [0.25, 0.3) is 0 Å². The number of rotatable bonds is 4. The molecule has 0 saturated carbocycles. The van der Waals surface area contributed by atoms with Crippen LogP contribution in [0.2, 0.25) is 0 Å². The summed E-state index contributed by atoms with van der Waals surface area (Å²) in [7, 11) is 0. The molecule has 9 heteroatoms. The van der Waals surface area contributed by atoms with Gasteiger partial charge in [-0.2, -0.15) is 13.2 Å². The second-order valence-electron chi connectivity index (χ2n) is 5.34. The van der Waals surface area contributed by atoms with E-state index in [0.717, 1.165) is 12.1 Å². The number of aromatic nitrogens is 1. The van der Waals surface area contributed by atoms with Crippen molar-refractivity contribution in [3.8, 4) is 0 Å². The third-order valence-corrected chi connectivity index (χ3v) is 4.43. The van der Waals surface area contributed by atoms with E-state index in [4.69, 9.17) is 0 Å². The molecule has 0 aliphatic carbocycles. The number of carbonyl (C=O) groups excluding carboxylic acids is 1. The minimum absolute atomic E-state index is 0.168. The quantitative estimate of drug-likeness (QED) is 0.816. The van der Waals surface area contributed by atoms with Crippen molar-refractivity contribution in [2.24, 2.45) is 0 Å². The molecule has 1 unspecified atom stereocenters. The van der Waals surface area contributed by atoms with E-state index in [1.54, 1.807) is 0 Å². The molecule has 0 aliphatic heterocycles. The number of amides is 1. The topological polar surface area (TPSA) is 62.2 Å². The van der Waals surface area contributed by atoms with E-state index in [1.807, 2.05) is 0 Å². The highest BCUT2D eigenvalue weighted by atomic mass is 32.1. The number of nitrogens with zero attached hydrogens (tertiary/aromatic N) is 1. The molecule has 1 aromatic carbocycles. The molecule has 1 atom stereocenters. The van der Waals surface area contributed by atoms with Gasteiger partial charge in [0.1, 0.15) is 10.8 Å². The zero-order valence-corrected chi connectivity index (χ0v) is 13.6. The Morgan fingerprint density at radius 3 is 2.50 bits per heavy atom. The largest absolute Gasteiger partial charge is 0.424 e. The molecule has 0 radical (unpaired) electrons. The lowest BCUT2D eigenvalue weighted by molar-refractivity contribution is -0.266. The summed E-state index contributed by atoms with van der Waals surface area (Å²) in [5.41, 5.74) is -2.55. The number of nitrogens with one attached hydrogen (secondary N) is 1. The van der Waals surface area contributed by atoms with Gasteiger partial charge < -0.3 is 10.4 Å². The van der Waals surface area contributed by atoms with E-state index in [2.05, 4.69) is 10.3 Å².